The first kappa shape index (κ1) is 19.0. The molecule has 0 aliphatic heterocycles. The number of hydrogen-bond donors (Lipinski definition) is 2. The monoisotopic (exact) mass is 386 g/mol. The molecule has 0 unspecified atom stereocenters. The van der Waals surface area contributed by atoms with Crippen LogP contribution in [0.2, 0.25) is 0 Å². The van der Waals surface area contributed by atoms with Crippen molar-refractivity contribution in [3.63, 3.8) is 0 Å². The average Bonchev–Trinajstić information content (AvgIpc) is 2.99. The van der Waals surface area contributed by atoms with Crippen LogP contribution in [0.4, 0.5) is 35.0 Å². The van der Waals surface area contributed by atoms with Crippen molar-refractivity contribution in [1.29, 1.82) is 0 Å². The zero-order chi connectivity index (χ0) is 20.5. The van der Waals surface area contributed by atoms with Crippen LogP contribution in [0, 0.1) is 6.57 Å². The van der Waals surface area contributed by atoms with E-state index in [0.29, 0.717) is 22.3 Å². The Balaban J connectivity index is 1.79. The first-order valence-electron chi connectivity index (χ1n) is 7.98. The van der Waals surface area contributed by atoms with Gasteiger partial charge in [-0.1, -0.05) is 6.07 Å². The topological polar surface area (TPSA) is 67.5 Å². The number of aromatic nitrogens is 1. The van der Waals surface area contributed by atoms with Crippen LogP contribution in [-0.2, 0) is 6.18 Å². The van der Waals surface area contributed by atoms with E-state index in [0.717, 1.165) is 24.3 Å². The lowest BCUT2D eigenvalue weighted by molar-refractivity contribution is -0.137. The van der Waals surface area contributed by atoms with Crippen LogP contribution in [0.15, 0.2) is 48.7 Å². The molecule has 0 atom stereocenters. The van der Waals surface area contributed by atoms with Crippen LogP contribution in [-0.4, -0.2) is 16.5 Å². The number of nitrogens with one attached hydrogen (secondary N) is 2. The van der Waals surface area contributed by atoms with Gasteiger partial charge in [-0.15, -0.1) is 0 Å². The van der Waals surface area contributed by atoms with Crippen LogP contribution in [0.3, 0.4) is 0 Å². The van der Waals surface area contributed by atoms with Gasteiger partial charge >= 0.3 is 12.2 Å². The summed E-state index contributed by atoms with van der Waals surface area (Å²) in [6.07, 6.45) is -3.03. The molecule has 0 saturated carbocycles. The molecule has 0 fully saturated rings. The van der Waals surface area contributed by atoms with E-state index in [4.69, 9.17) is 6.57 Å². The highest BCUT2D eigenvalue weighted by Gasteiger charge is 2.30. The lowest BCUT2D eigenvalue weighted by atomic mass is 10.2. The molecule has 28 heavy (non-hydrogen) atoms. The first-order chi connectivity index (χ1) is 13.2. The number of halogens is 3. The van der Waals surface area contributed by atoms with Gasteiger partial charge < -0.3 is 10.6 Å². The number of carbonyl (C=O) groups excluding carboxylic acids is 2. The number of carbonyl (C=O) groups is 2. The highest BCUT2D eigenvalue weighted by Crippen LogP contribution is 2.31. The summed E-state index contributed by atoms with van der Waals surface area (Å²) >= 11 is 0. The van der Waals surface area contributed by atoms with E-state index >= 15 is 0 Å². The van der Waals surface area contributed by atoms with Crippen molar-refractivity contribution < 1.29 is 22.8 Å². The van der Waals surface area contributed by atoms with Gasteiger partial charge in [0.25, 0.3) is 0 Å². The fraction of sp³-hybridized carbons (Fsp3) is 0.105. The number of fused-ring (bicyclic) bond motifs is 1. The van der Waals surface area contributed by atoms with E-state index in [1.54, 1.807) is 12.1 Å². The lowest BCUT2D eigenvalue weighted by Gasteiger charge is -2.10. The van der Waals surface area contributed by atoms with E-state index in [2.05, 4.69) is 15.5 Å². The molecule has 2 aromatic carbocycles. The third-order valence-corrected chi connectivity index (χ3v) is 3.97. The molecule has 2 N–H and O–H groups in total. The van der Waals surface area contributed by atoms with Gasteiger partial charge in [-0.3, -0.25) is 9.36 Å². The Morgan fingerprint density at radius 2 is 1.64 bits per heavy atom. The van der Waals surface area contributed by atoms with E-state index in [9.17, 15) is 22.8 Å². The molecule has 3 rings (SSSR count). The number of hydrogen-bond acceptors (Lipinski definition) is 2. The van der Waals surface area contributed by atoms with Gasteiger partial charge in [0.15, 0.2) is 0 Å². The van der Waals surface area contributed by atoms with Crippen molar-refractivity contribution in [3.8, 4) is 0 Å². The average molecular weight is 386 g/mol. The highest BCUT2D eigenvalue weighted by molar-refractivity contribution is 6.04. The molecule has 9 heteroatoms. The number of urea groups is 1. The van der Waals surface area contributed by atoms with E-state index < -0.39 is 17.8 Å². The minimum Gasteiger partial charge on any atom is -0.308 e. The van der Waals surface area contributed by atoms with Crippen molar-refractivity contribution in [1.82, 2.24) is 4.57 Å². The van der Waals surface area contributed by atoms with Gasteiger partial charge in [0.1, 0.15) is 0 Å². The number of amides is 2. The maximum atomic E-state index is 12.6. The largest absolute Gasteiger partial charge is 0.416 e. The summed E-state index contributed by atoms with van der Waals surface area (Å²) in [6.45, 7) is 8.53. The summed E-state index contributed by atoms with van der Waals surface area (Å²) in [4.78, 5) is 27.2. The smallest absolute Gasteiger partial charge is 0.308 e. The predicted octanol–water partition coefficient (Wildman–Crippen LogP) is 5.51. The molecule has 1 heterocycles. The molecule has 0 spiro atoms. The van der Waals surface area contributed by atoms with Crippen molar-refractivity contribution >= 4 is 39.9 Å². The van der Waals surface area contributed by atoms with Gasteiger partial charge in [0, 0.05) is 35.4 Å². The third kappa shape index (κ3) is 3.81. The molecule has 0 saturated heterocycles. The molecule has 0 radical (unpaired) electrons. The summed E-state index contributed by atoms with van der Waals surface area (Å²) in [5.41, 5.74) is 0.504. The van der Waals surface area contributed by atoms with Crippen molar-refractivity contribution in [2.45, 2.75) is 13.1 Å². The molecule has 0 aliphatic rings. The summed E-state index contributed by atoms with van der Waals surface area (Å²) in [7, 11) is 0. The van der Waals surface area contributed by atoms with Crippen molar-refractivity contribution in [3.05, 3.63) is 65.6 Å². The maximum absolute atomic E-state index is 12.6. The zero-order valence-corrected chi connectivity index (χ0v) is 14.5. The Morgan fingerprint density at radius 3 is 2.21 bits per heavy atom. The van der Waals surface area contributed by atoms with E-state index in [1.807, 2.05) is 0 Å². The Hall–Kier alpha value is -3.80. The Morgan fingerprint density at radius 1 is 1.04 bits per heavy atom. The van der Waals surface area contributed by atoms with Gasteiger partial charge in [-0.25, -0.2) is 9.64 Å². The second-order valence-corrected chi connectivity index (χ2v) is 5.90. The minimum atomic E-state index is -4.45. The number of alkyl halides is 3. The number of benzene rings is 2. The number of anilines is 2. The molecular formula is C19H13F3N4O2. The second-order valence-electron chi connectivity index (χ2n) is 5.90. The van der Waals surface area contributed by atoms with Crippen molar-refractivity contribution in [2.75, 3.05) is 10.6 Å². The molecule has 0 bridgehead atoms. The van der Waals surface area contributed by atoms with Gasteiger partial charge in [-0.2, -0.15) is 13.2 Å². The second kappa shape index (κ2) is 7.08. The minimum absolute atomic E-state index is 0.189. The van der Waals surface area contributed by atoms with Crippen LogP contribution in [0.5, 0.6) is 0 Å². The molecule has 0 aliphatic carbocycles. The highest BCUT2D eigenvalue weighted by atomic mass is 19.4. The quantitative estimate of drug-likeness (QED) is 0.570. The van der Waals surface area contributed by atoms with E-state index in [-0.39, 0.29) is 11.6 Å². The predicted molar refractivity (Wildman–Crippen MR) is 98.6 cm³/mol. The van der Waals surface area contributed by atoms with Crippen LogP contribution >= 0.6 is 0 Å². The molecule has 3 aromatic rings. The Labute approximate surface area is 157 Å². The zero-order valence-electron chi connectivity index (χ0n) is 14.5. The Bertz CT molecular complexity index is 1110. The van der Waals surface area contributed by atoms with Crippen molar-refractivity contribution in [2.24, 2.45) is 0 Å². The Kier molecular flexibility index (Phi) is 4.79. The molecule has 142 valence electrons. The molecular weight excluding hydrogens is 373 g/mol. The SMILES string of the molecule is [C-]#[N+]c1cn(C(C)=O)c2cc(NC(=O)Nc3ccc(C(F)(F)F)cc3)ccc12. The van der Waals surface area contributed by atoms with Crippen LogP contribution in [0.1, 0.15) is 17.3 Å². The summed E-state index contributed by atoms with van der Waals surface area (Å²) in [5.74, 6) is -0.286. The fourth-order valence-corrected chi connectivity index (χ4v) is 2.67. The first-order valence-corrected chi connectivity index (χ1v) is 7.98. The van der Waals surface area contributed by atoms with Gasteiger partial charge in [-0.05, 0) is 36.4 Å². The van der Waals surface area contributed by atoms with Gasteiger partial charge in [0.2, 0.25) is 11.6 Å². The lowest BCUT2D eigenvalue weighted by Crippen LogP contribution is -2.19. The molecule has 1 aromatic heterocycles. The maximum Gasteiger partial charge on any atom is 0.416 e. The number of nitrogens with zero attached hydrogens (tertiary/aromatic N) is 2. The van der Waals surface area contributed by atoms with Gasteiger partial charge in [0.05, 0.1) is 12.1 Å². The summed E-state index contributed by atoms with van der Waals surface area (Å²) in [5, 5.41) is 5.55. The fourth-order valence-electron chi connectivity index (χ4n) is 2.67. The third-order valence-electron chi connectivity index (χ3n) is 3.97. The number of rotatable bonds is 2. The van der Waals surface area contributed by atoms with Crippen LogP contribution in [0.25, 0.3) is 15.7 Å². The summed E-state index contributed by atoms with van der Waals surface area (Å²) < 4.78 is 39.0. The van der Waals surface area contributed by atoms with Crippen LogP contribution < -0.4 is 10.6 Å². The normalized spacial score (nSPS) is 11.1. The molecule has 2 amide bonds. The standard InChI is InChI=1S/C19H13F3N4O2/c1-11(27)26-10-16(23-2)15-8-7-14(9-17(15)26)25-18(28)24-13-5-3-12(4-6-13)19(20,21)22/h3-10H,1H3,(H2,24,25,28). The van der Waals surface area contributed by atoms with E-state index in [1.165, 1.54) is 23.8 Å². The summed E-state index contributed by atoms with van der Waals surface area (Å²) in [6, 6.07) is 8.08. The molecule has 6 nitrogen and oxygen atoms in total.